The highest BCUT2D eigenvalue weighted by Crippen LogP contribution is 2.47. The average Bonchev–Trinajstić information content (AvgIpc) is 3.92. The van der Waals surface area contributed by atoms with Gasteiger partial charge in [-0.25, -0.2) is 0 Å². The van der Waals surface area contributed by atoms with Crippen molar-refractivity contribution < 1.29 is 4.42 Å². The summed E-state index contributed by atoms with van der Waals surface area (Å²) in [6.07, 6.45) is 0. The molecule has 0 atom stereocenters. The molecule has 3 nitrogen and oxygen atoms in total. The molecule has 0 fully saturated rings. The number of para-hydroxylation sites is 3. The lowest BCUT2D eigenvalue weighted by Gasteiger charge is -2.27. The highest BCUT2D eigenvalue weighted by molar-refractivity contribution is 6.17. The van der Waals surface area contributed by atoms with Gasteiger partial charge in [-0.1, -0.05) is 176 Å². The van der Waals surface area contributed by atoms with Gasteiger partial charge in [-0.15, -0.1) is 0 Å². The molecule has 12 rings (SSSR count). The Morgan fingerprint density at radius 3 is 1.25 bits per heavy atom. The van der Waals surface area contributed by atoms with E-state index in [1.807, 2.05) is 0 Å². The lowest BCUT2D eigenvalue weighted by atomic mass is 9.98. The van der Waals surface area contributed by atoms with Gasteiger partial charge in [0.05, 0.1) is 22.1 Å². The predicted molar refractivity (Wildman–Crippen MR) is 264 cm³/mol. The van der Waals surface area contributed by atoms with E-state index in [9.17, 15) is 0 Å². The van der Waals surface area contributed by atoms with Gasteiger partial charge in [-0.3, -0.25) is 0 Å². The summed E-state index contributed by atoms with van der Waals surface area (Å²) in [4.78, 5) is 2.37. The molecule has 0 aliphatic rings. The number of hydrogen-bond donors (Lipinski definition) is 0. The van der Waals surface area contributed by atoms with Gasteiger partial charge in [0.1, 0.15) is 11.2 Å². The highest BCUT2D eigenvalue weighted by Gasteiger charge is 2.23. The van der Waals surface area contributed by atoms with Crippen molar-refractivity contribution in [3.63, 3.8) is 0 Å². The van der Waals surface area contributed by atoms with Gasteiger partial charge in [0.25, 0.3) is 0 Å². The Bertz CT molecular complexity index is 3510. The van der Waals surface area contributed by atoms with E-state index in [1.54, 1.807) is 0 Å². The molecule has 2 heterocycles. The number of aromatic nitrogens is 1. The smallest absolute Gasteiger partial charge is 0.145 e. The van der Waals surface area contributed by atoms with Gasteiger partial charge in [0, 0.05) is 38.8 Å². The van der Waals surface area contributed by atoms with Crippen LogP contribution in [0.15, 0.2) is 247 Å². The minimum atomic E-state index is 0.858. The molecule has 0 unspecified atom stereocenters. The molecule has 0 spiro atoms. The fourth-order valence-electron chi connectivity index (χ4n) is 9.36. The van der Waals surface area contributed by atoms with Crippen molar-refractivity contribution in [3.05, 3.63) is 243 Å². The van der Waals surface area contributed by atoms with Gasteiger partial charge < -0.3 is 13.9 Å². The maximum Gasteiger partial charge on any atom is 0.145 e. The zero-order valence-corrected chi connectivity index (χ0v) is 34.4. The Balaban J connectivity index is 0.981. The maximum absolute atomic E-state index is 6.88. The van der Waals surface area contributed by atoms with Crippen molar-refractivity contribution in [2.24, 2.45) is 0 Å². The first-order chi connectivity index (χ1) is 31.2. The second-order valence-electron chi connectivity index (χ2n) is 16.1. The molecule has 0 saturated heterocycles. The minimum Gasteiger partial charge on any atom is -0.455 e. The molecule has 2 aromatic heterocycles. The van der Waals surface area contributed by atoms with Gasteiger partial charge in [-0.2, -0.15) is 0 Å². The first-order valence-electron chi connectivity index (χ1n) is 21.5. The highest BCUT2D eigenvalue weighted by atomic mass is 16.3. The Hall–Kier alpha value is -8.40. The van der Waals surface area contributed by atoms with Crippen molar-refractivity contribution in [2.45, 2.75) is 0 Å². The summed E-state index contributed by atoms with van der Waals surface area (Å²) in [5, 5.41) is 4.65. The van der Waals surface area contributed by atoms with Gasteiger partial charge in [-0.05, 0) is 106 Å². The number of fused-ring (bicyclic) bond motifs is 6. The number of rotatable bonds is 8. The molecule has 0 amide bonds. The molecule has 0 radical (unpaired) electrons. The third-order valence-corrected chi connectivity index (χ3v) is 12.4. The zero-order valence-electron chi connectivity index (χ0n) is 34.4. The van der Waals surface area contributed by atoms with Crippen molar-refractivity contribution in [2.75, 3.05) is 4.90 Å². The molecule has 10 aromatic carbocycles. The predicted octanol–water partition coefficient (Wildman–Crippen LogP) is 16.8. The first kappa shape index (κ1) is 36.5. The van der Waals surface area contributed by atoms with E-state index >= 15 is 0 Å². The molecule has 12 aromatic rings. The zero-order chi connectivity index (χ0) is 41.7. The van der Waals surface area contributed by atoms with E-state index in [2.05, 4.69) is 252 Å². The Morgan fingerprint density at radius 2 is 0.730 bits per heavy atom. The monoisotopic (exact) mass is 804 g/mol. The van der Waals surface area contributed by atoms with E-state index in [-0.39, 0.29) is 0 Å². The second-order valence-corrected chi connectivity index (χ2v) is 16.1. The second kappa shape index (κ2) is 15.3. The summed E-state index contributed by atoms with van der Waals surface area (Å²) in [7, 11) is 0. The molecule has 0 bridgehead atoms. The molecule has 0 N–H and O–H groups in total. The molecule has 63 heavy (non-hydrogen) atoms. The van der Waals surface area contributed by atoms with E-state index < -0.39 is 0 Å². The topological polar surface area (TPSA) is 21.3 Å². The van der Waals surface area contributed by atoms with Crippen LogP contribution in [-0.4, -0.2) is 4.57 Å². The third-order valence-electron chi connectivity index (χ3n) is 12.4. The van der Waals surface area contributed by atoms with Crippen molar-refractivity contribution >= 4 is 60.8 Å². The molecule has 0 saturated carbocycles. The van der Waals surface area contributed by atoms with Crippen LogP contribution in [0.25, 0.3) is 93.9 Å². The van der Waals surface area contributed by atoms with Crippen LogP contribution < -0.4 is 4.90 Å². The molecule has 296 valence electrons. The van der Waals surface area contributed by atoms with Crippen molar-refractivity contribution in [1.29, 1.82) is 0 Å². The summed E-state index contributed by atoms with van der Waals surface area (Å²) in [5.74, 6) is 0. The third kappa shape index (κ3) is 6.38. The van der Waals surface area contributed by atoms with Crippen LogP contribution in [0.5, 0.6) is 0 Å². The van der Waals surface area contributed by atoms with E-state index in [1.165, 1.54) is 49.6 Å². The number of benzene rings is 10. The lowest BCUT2D eigenvalue weighted by Crippen LogP contribution is -2.10. The van der Waals surface area contributed by atoms with Crippen LogP contribution >= 0.6 is 0 Å². The summed E-state index contributed by atoms with van der Waals surface area (Å²) in [5.41, 5.74) is 17.7. The average molecular weight is 805 g/mol. The van der Waals surface area contributed by atoms with Crippen molar-refractivity contribution in [1.82, 2.24) is 4.57 Å². The van der Waals surface area contributed by atoms with Crippen LogP contribution in [0.2, 0.25) is 0 Å². The largest absolute Gasteiger partial charge is 0.455 e. The molecular formula is C60H40N2O. The number of nitrogens with zero attached hydrogens (tertiary/aromatic N) is 2. The van der Waals surface area contributed by atoms with Crippen LogP contribution in [0.4, 0.5) is 17.1 Å². The molecule has 0 aliphatic carbocycles. The van der Waals surface area contributed by atoms with E-state index in [0.29, 0.717) is 0 Å². The number of hydrogen-bond acceptors (Lipinski definition) is 2. The SMILES string of the molecule is c1ccc(-c2ccc(-c3ccc(N(c4ccc(-c5ccccc5)cc4)c4ccc(-c5ccc(-n6c7ccccc7c7ccccc76)cc5)c5oc6ccccc6c45)cc3)cc2)cc1. The number of anilines is 3. The first-order valence-corrected chi connectivity index (χ1v) is 21.5. The van der Waals surface area contributed by atoms with Gasteiger partial charge in [0.15, 0.2) is 0 Å². The lowest BCUT2D eigenvalue weighted by molar-refractivity contribution is 0.670. The van der Waals surface area contributed by atoms with Gasteiger partial charge in [0.2, 0.25) is 0 Å². The van der Waals surface area contributed by atoms with Crippen LogP contribution in [-0.2, 0) is 0 Å². The van der Waals surface area contributed by atoms with Crippen molar-refractivity contribution in [3.8, 4) is 50.2 Å². The summed E-state index contributed by atoms with van der Waals surface area (Å²) < 4.78 is 9.24. The van der Waals surface area contributed by atoms with E-state index in [0.717, 1.165) is 61.4 Å². The fourth-order valence-corrected chi connectivity index (χ4v) is 9.36. The quantitative estimate of drug-likeness (QED) is 0.153. The number of furan rings is 1. The minimum absolute atomic E-state index is 0.858. The summed E-state index contributed by atoms with van der Waals surface area (Å²) >= 11 is 0. The molecule has 3 heteroatoms. The standard InChI is InChI=1S/C60H40N2O/c1-3-13-41(14-4-1)43-23-25-44(26-24-43)46-29-35-49(36-30-46)61(48-33-27-45(28-34-48)42-15-5-2-6-16-42)57-40-39-51(60-59(57)54-19-9-12-22-58(54)63-60)47-31-37-50(38-32-47)62-55-20-10-7-17-52(55)53-18-8-11-21-56(53)62/h1-40H. The summed E-state index contributed by atoms with van der Waals surface area (Å²) in [6.45, 7) is 0. The molecular weight excluding hydrogens is 765 g/mol. The summed E-state index contributed by atoms with van der Waals surface area (Å²) in [6, 6.07) is 86.9. The fraction of sp³-hybridized carbons (Fsp3) is 0. The Kier molecular flexibility index (Phi) is 8.83. The van der Waals surface area contributed by atoms with E-state index in [4.69, 9.17) is 4.42 Å². The Labute approximate surface area is 366 Å². The van der Waals surface area contributed by atoms with Crippen LogP contribution in [0.3, 0.4) is 0 Å². The Morgan fingerprint density at radius 1 is 0.317 bits per heavy atom. The van der Waals surface area contributed by atoms with Gasteiger partial charge >= 0.3 is 0 Å². The van der Waals surface area contributed by atoms with Crippen LogP contribution in [0.1, 0.15) is 0 Å². The van der Waals surface area contributed by atoms with Crippen LogP contribution in [0, 0.1) is 0 Å². The maximum atomic E-state index is 6.88. The molecule has 0 aliphatic heterocycles. The normalized spacial score (nSPS) is 11.5.